The first-order chi connectivity index (χ1) is 5.91. The van der Waals surface area contributed by atoms with Crippen LogP contribution in [0.15, 0.2) is 24.3 Å². The highest BCUT2D eigenvalue weighted by Crippen LogP contribution is 2.28. The van der Waals surface area contributed by atoms with Gasteiger partial charge >= 0.3 is 0 Å². The molecule has 0 saturated heterocycles. The molecule has 13 heavy (non-hydrogen) atoms. The van der Waals surface area contributed by atoms with E-state index in [1.807, 2.05) is 0 Å². The molecular weight excluding hydrogens is 196 g/mol. The molecule has 1 rings (SSSR count). The van der Waals surface area contributed by atoms with Crippen molar-refractivity contribution in [3.05, 3.63) is 35.4 Å². The van der Waals surface area contributed by atoms with E-state index in [9.17, 15) is 0 Å². The highest BCUT2D eigenvalue weighted by atomic mass is 32.2. The molecule has 0 atom stereocenters. The molecule has 0 nitrogen and oxygen atoms in total. The number of hydrogen-bond acceptors (Lipinski definition) is 2. The molecule has 0 amide bonds. The molecule has 0 radical (unpaired) electrons. The standard InChI is InChI=1S/C11H16S2/c1-11(2,3)9-6-4-5-8(7-9)10(12)13/h4-7,10,12-13H,1-3H3. The van der Waals surface area contributed by atoms with Crippen molar-refractivity contribution in [1.82, 2.24) is 0 Å². The topological polar surface area (TPSA) is 0 Å². The van der Waals surface area contributed by atoms with E-state index in [1.54, 1.807) is 0 Å². The van der Waals surface area contributed by atoms with Crippen molar-refractivity contribution in [2.24, 2.45) is 0 Å². The van der Waals surface area contributed by atoms with Crippen molar-refractivity contribution in [2.75, 3.05) is 0 Å². The van der Waals surface area contributed by atoms with E-state index < -0.39 is 0 Å². The molecule has 1 aromatic carbocycles. The van der Waals surface area contributed by atoms with E-state index in [4.69, 9.17) is 0 Å². The monoisotopic (exact) mass is 212 g/mol. The Kier molecular flexibility index (Phi) is 3.36. The van der Waals surface area contributed by atoms with Gasteiger partial charge in [-0.05, 0) is 16.5 Å². The number of hydrogen-bond donors (Lipinski definition) is 2. The highest BCUT2D eigenvalue weighted by molar-refractivity contribution is 7.98. The van der Waals surface area contributed by atoms with Gasteiger partial charge in [0.1, 0.15) is 0 Å². The molecule has 0 aromatic heterocycles. The van der Waals surface area contributed by atoms with Gasteiger partial charge in [-0.1, -0.05) is 45.0 Å². The lowest BCUT2D eigenvalue weighted by Gasteiger charge is -2.20. The maximum Gasteiger partial charge on any atom is 0.0692 e. The van der Waals surface area contributed by atoms with Crippen LogP contribution in [0.5, 0.6) is 0 Å². The first-order valence-corrected chi connectivity index (χ1v) is 5.41. The first-order valence-electron chi connectivity index (χ1n) is 4.38. The lowest BCUT2D eigenvalue weighted by Crippen LogP contribution is -2.11. The van der Waals surface area contributed by atoms with Crippen molar-refractivity contribution in [3.8, 4) is 0 Å². The Bertz CT molecular complexity index is 284. The molecule has 72 valence electrons. The molecule has 0 aliphatic rings. The fourth-order valence-corrected chi connectivity index (χ4v) is 1.49. The van der Waals surface area contributed by atoms with Gasteiger partial charge in [-0.2, -0.15) is 25.3 Å². The predicted octanol–water partition coefficient (Wildman–Crippen LogP) is 3.84. The van der Waals surface area contributed by atoms with Gasteiger partial charge in [0.2, 0.25) is 0 Å². The van der Waals surface area contributed by atoms with Crippen molar-refractivity contribution in [1.29, 1.82) is 0 Å². The minimum atomic E-state index is 0.0160. The van der Waals surface area contributed by atoms with E-state index in [-0.39, 0.29) is 10.00 Å². The van der Waals surface area contributed by atoms with Gasteiger partial charge in [-0.15, -0.1) is 0 Å². The predicted molar refractivity (Wildman–Crippen MR) is 65.9 cm³/mol. The molecule has 0 bridgehead atoms. The van der Waals surface area contributed by atoms with Gasteiger partial charge in [0.15, 0.2) is 0 Å². The van der Waals surface area contributed by atoms with Gasteiger partial charge < -0.3 is 0 Å². The van der Waals surface area contributed by atoms with Gasteiger partial charge in [-0.25, -0.2) is 0 Å². The van der Waals surface area contributed by atoms with E-state index in [0.717, 1.165) is 0 Å². The summed E-state index contributed by atoms with van der Waals surface area (Å²) in [6.45, 7) is 6.62. The first kappa shape index (κ1) is 11.0. The fraction of sp³-hybridized carbons (Fsp3) is 0.455. The summed E-state index contributed by atoms with van der Waals surface area (Å²) in [6, 6.07) is 8.44. The summed E-state index contributed by atoms with van der Waals surface area (Å²) in [6.07, 6.45) is 0. The van der Waals surface area contributed by atoms with Crippen LogP contribution in [-0.4, -0.2) is 0 Å². The van der Waals surface area contributed by atoms with E-state index in [1.165, 1.54) is 11.1 Å². The van der Waals surface area contributed by atoms with E-state index in [0.29, 0.717) is 0 Å². The molecule has 0 spiro atoms. The van der Waals surface area contributed by atoms with Crippen LogP contribution < -0.4 is 0 Å². The lowest BCUT2D eigenvalue weighted by atomic mass is 9.86. The maximum atomic E-state index is 4.29. The van der Waals surface area contributed by atoms with Gasteiger partial charge in [-0.3, -0.25) is 0 Å². The Hall–Kier alpha value is -0.0800. The number of rotatable bonds is 1. The minimum Gasteiger partial charge on any atom is -0.160 e. The molecule has 0 unspecified atom stereocenters. The van der Waals surface area contributed by atoms with Crippen LogP contribution >= 0.6 is 25.3 Å². The van der Waals surface area contributed by atoms with E-state index in [2.05, 4.69) is 70.3 Å². The van der Waals surface area contributed by atoms with Crippen molar-refractivity contribution in [3.63, 3.8) is 0 Å². The zero-order valence-corrected chi connectivity index (χ0v) is 10.1. The van der Waals surface area contributed by atoms with E-state index >= 15 is 0 Å². The molecule has 0 N–H and O–H groups in total. The number of thiol groups is 2. The lowest BCUT2D eigenvalue weighted by molar-refractivity contribution is 0.589. The van der Waals surface area contributed by atoms with Gasteiger partial charge in [0, 0.05) is 0 Å². The molecule has 0 heterocycles. The van der Waals surface area contributed by atoms with Crippen molar-refractivity contribution >= 4 is 25.3 Å². The van der Waals surface area contributed by atoms with Crippen LogP contribution in [0.2, 0.25) is 0 Å². The smallest absolute Gasteiger partial charge is 0.0692 e. The fourth-order valence-electron chi connectivity index (χ4n) is 1.17. The molecule has 2 heteroatoms. The van der Waals surface area contributed by atoms with Crippen LogP contribution in [0.1, 0.15) is 36.5 Å². The summed E-state index contributed by atoms with van der Waals surface area (Å²) in [5.74, 6) is 0. The average Bonchev–Trinajstić information content (AvgIpc) is 2.03. The van der Waals surface area contributed by atoms with Gasteiger partial charge in [0.05, 0.1) is 4.58 Å². The maximum absolute atomic E-state index is 4.29. The molecule has 0 aliphatic heterocycles. The quantitative estimate of drug-likeness (QED) is 0.513. The summed E-state index contributed by atoms with van der Waals surface area (Å²) in [4.78, 5) is 0. The molecular formula is C11H16S2. The summed E-state index contributed by atoms with van der Waals surface area (Å²) in [5.41, 5.74) is 2.70. The SMILES string of the molecule is CC(C)(C)c1cccc(C(S)S)c1. The molecule has 0 aliphatic carbocycles. The third-order valence-corrected chi connectivity index (χ3v) is 2.65. The second-order valence-corrected chi connectivity index (χ2v) is 5.69. The zero-order valence-electron chi connectivity index (χ0n) is 8.28. The van der Waals surface area contributed by atoms with Crippen LogP contribution in [0.3, 0.4) is 0 Å². The largest absolute Gasteiger partial charge is 0.160 e. The second kappa shape index (κ2) is 3.97. The Morgan fingerprint density at radius 2 is 1.77 bits per heavy atom. The normalized spacial score (nSPS) is 12.2. The van der Waals surface area contributed by atoms with Crippen LogP contribution in [0.4, 0.5) is 0 Å². The summed E-state index contributed by atoms with van der Waals surface area (Å²) in [7, 11) is 0. The summed E-state index contributed by atoms with van der Waals surface area (Å²) < 4.78 is 0.0160. The third-order valence-electron chi connectivity index (χ3n) is 2.05. The summed E-state index contributed by atoms with van der Waals surface area (Å²) in [5, 5.41) is 0. The Morgan fingerprint density at radius 1 is 1.15 bits per heavy atom. The second-order valence-electron chi connectivity index (χ2n) is 4.25. The van der Waals surface area contributed by atoms with Crippen LogP contribution in [0.25, 0.3) is 0 Å². The number of benzene rings is 1. The van der Waals surface area contributed by atoms with Crippen molar-refractivity contribution < 1.29 is 0 Å². The molecule has 0 fully saturated rings. The Balaban J connectivity index is 3.06. The Morgan fingerprint density at radius 3 is 2.23 bits per heavy atom. The summed E-state index contributed by atoms with van der Waals surface area (Å²) >= 11 is 8.59. The van der Waals surface area contributed by atoms with Gasteiger partial charge in [0.25, 0.3) is 0 Å². The van der Waals surface area contributed by atoms with Crippen LogP contribution in [-0.2, 0) is 5.41 Å². The van der Waals surface area contributed by atoms with Crippen molar-refractivity contribution in [2.45, 2.75) is 30.8 Å². The molecule has 1 aromatic rings. The zero-order chi connectivity index (χ0) is 10.1. The average molecular weight is 212 g/mol. The van der Waals surface area contributed by atoms with Crippen LogP contribution in [0, 0.1) is 0 Å². The molecule has 0 saturated carbocycles. The Labute approximate surface area is 91.6 Å². The third kappa shape index (κ3) is 2.96. The minimum absolute atomic E-state index is 0.0160. The highest BCUT2D eigenvalue weighted by Gasteiger charge is 2.14.